The quantitative estimate of drug-likeness (QED) is 0.547. The third kappa shape index (κ3) is 4.26. The molecule has 0 amide bonds. The van der Waals surface area contributed by atoms with Crippen LogP contribution in [0.3, 0.4) is 0 Å². The van der Waals surface area contributed by atoms with E-state index in [4.69, 9.17) is 9.26 Å². The summed E-state index contributed by atoms with van der Waals surface area (Å²) < 4.78 is 48.8. The molecule has 1 saturated carbocycles. The Morgan fingerprint density at radius 2 is 1.82 bits per heavy atom. The Morgan fingerprint density at radius 1 is 1.21 bits per heavy atom. The Balaban J connectivity index is 1.73. The van der Waals surface area contributed by atoms with Crippen LogP contribution in [0.4, 0.5) is 13.2 Å². The van der Waals surface area contributed by atoms with Crippen molar-refractivity contribution in [1.82, 2.24) is 10.1 Å². The van der Waals surface area contributed by atoms with Crippen molar-refractivity contribution in [2.75, 3.05) is 0 Å². The first-order valence-electron chi connectivity index (χ1n) is 8.83. The topological polar surface area (TPSA) is 65.2 Å². The molecule has 1 fully saturated rings. The second-order valence-corrected chi connectivity index (χ2v) is 7.95. The molecular formula is C20H21F3N2O3. The highest BCUT2D eigenvalue weighted by Crippen LogP contribution is 2.52. The molecule has 2 aromatic rings. The zero-order valence-corrected chi connectivity index (χ0v) is 15.9. The molecule has 1 aromatic heterocycles. The second kappa shape index (κ2) is 6.76. The molecule has 0 saturated heterocycles. The molecule has 0 spiro atoms. The lowest BCUT2D eigenvalue weighted by Gasteiger charge is -2.19. The fourth-order valence-electron chi connectivity index (χ4n) is 2.87. The predicted molar refractivity (Wildman–Crippen MR) is 94.4 cm³/mol. The minimum absolute atomic E-state index is 0.0466. The van der Waals surface area contributed by atoms with Gasteiger partial charge >= 0.3 is 12.1 Å². The van der Waals surface area contributed by atoms with Gasteiger partial charge in [-0.25, -0.2) is 4.79 Å². The highest BCUT2D eigenvalue weighted by molar-refractivity contribution is 5.88. The van der Waals surface area contributed by atoms with Crippen LogP contribution in [-0.4, -0.2) is 21.7 Å². The number of halogens is 3. The second-order valence-electron chi connectivity index (χ2n) is 7.95. The molecule has 28 heavy (non-hydrogen) atoms. The van der Waals surface area contributed by atoms with Crippen LogP contribution in [-0.2, 0) is 27.5 Å². The van der Waals surface area contributed by atoms with E-state index in [2.05, 4.69) is 16.7 Å². The van der Waals surface area contributed by atoms with Gasteiger partial charge in [0.15, 0.2) is 5.82 Å². The molecule has 150 valence electrons. The van der Waals surface area contributed by atoms with Gasteiger partial charge in [0.25, 0.3) is 0 Å². The van der Waals surface area contributed by atoms with Crippen LogP contribution in [0.2, 0.25) is 0 Å². The molecule has 0 radical (unpaired) electrons. The number of benzene rings is 1. The van der Waals surface area contributed by atoms with Crippen LogP contribution in [0.25, 0.3) is 0 Å². The minimum Gasteiger partial charge on any atom is -0.457 e. The molecule has 0 bridgehead atoms. The van der Waals surface area contributed by atoms with Gasteiger partial charge in [-0.05, 0) is 51.3 Å². The molecule has 8 heteroatoms. The molecule has 1 aliphatic rings. The van der Waals surface area contributed by atoms with Gasteiger partial charge < -0.3 is 9.26 Å². The van der Waals surface area contributed by atoms with E-state index in [9.17, 15) is 18.0 Å². The highest BCUT2D eigenvalue weighted by atomic mass is 19.4. The Labute approximate surface area is 160 Å². The molecule has 0 atom stereocenters. The van der Waals surface area contributed by atoms with E-state index in [0.29, 0.717) is 24.2 Å². The first-order valence-corrected chi connectivity index (χ1v) is 8.83. The van der Waals surface area contributed by atoms with Crippen molar-refractivity contribution >= 4 is 5.97 Å². The largest absolute Gasteiger partial charge is 0.457 e. The standard InChI is InChI=1S/C20H21F3N2O3/c1-12(16(26)27-18(2,3)4)11-15-24-17(25-28-15)19(9-10-19)13-5-7-14(8-6-13)20(21,22)23/h5-8H,1,9-11H2,2-4H3. The van der Waals surface area contributed by atoms with Gasteiger partial charge in [-0.1, -0.05) is 23.9 Å². The highest BCUT2D eigenvalue weighted by Gasteiger charge is 2.50. The number of aromatic nitrogens is 2. The first-order chi connectivity index (χ1) is 12.9. The van der Waals surface area contributed by atoms with Crippen LogP contribution in [0, 0.1) is 0 Å². The fraction of sp³-hybridized carbons (Fsp3) is 0.450. The third-order valence-corrected chi connectivity index (χ3v) is 4.46. The zero-order chi connectivity index (χ0) is 20.7. The minimum atomic E-state index is -4.38. The number of carbonyl (C=O) groups excluding carboxylic acids is 1. The number of hydrogen-bond acceptors (Lipinski definition) is 5. The van der Waals surface area contributed by atoms with E-state index in [0.717, 1.165) is 12.1 Å². The molecule has 5 nitrogen and oxygen atoms in total. The van der Waals surface area contributed by atoms with Crippen molar-refractivity contribution in [2.24, 2.45) is 0 Å². The number of carbonyl (C=O) groups is 1. The van der Waals surface area contributed by atoms with Gasteiger partial charge in [0.1, 0.15) is 5.60 Å². The van der Waals surface area contributed by atoms with Crippen molar-refractivity contribution in [2.45, 2.75) is 57.2 Å². The third-order valence-electron chi connectivity index (χ3n) is 4.46. The van der Waals surface area contributed by atoms with Crippen molar-refractivity contribution in [3.63, 3.8) is 0 Å². The zero-order valence-electron chi connectivity index (χ0n) is 15.9. The summed E-state index contributed by atoms with van der Waals surface area (Å²) in [5, 5.41) is 3.98. The summed E-state index contributed by atoms with van der Waals surface area (Å²) >= 11 is 0. The number of esters is 1. The van der Waals surface area contributed by atoms with E-state index in [1.165, 1.54) is 12.1 Å². The van der Waals surface area contributed by atoms with E-state index < -0.39 is 28.7 Å². The van der Waals surface area contributed by atoms with Crippen LogP contribution < -0.4 is 0 Å². The van der Waals surface area contributed by atoms with Gasteiger partial charge in [0.2, 0.25) is 5.89 Å². The lowest BCUT2D eigenvalue weighted by atomic mass is 9.94. The summed E-state index contributed by atoms with van der Waals surface area (Å²) in [6.45, 7) is 8.96. The van der Waals surface area contributed by atoms with Crippen molar-refractivity contribution < 1.29 is 27.2 Å². The lowest BCUT2D eigenvalue weighted by Crippen LogP contribution is -2.25. The molecule has 3 rings (SSSR count). The number of hydrogen-bond donors (Lipinski definition) is 0. The summed E-state index contributed by atoms with van der Waals surface area (Å²) in [6, 6.07) is 5.01. The van der Waals surface area contributed by atoms with E-state index >= 15 is 0 Å². The summed E-state index contributed by atoms with van der Waals surface area (Å²) in [6.07, 6.45) is -2.91. The van der Waals surface area contributed by atoms with Gasteiger partial charge in [0, 0.05) is 5.57 Å². The monoisotopic (exact) mass is 394 g/mol. The van der Waals surface area contributed by atoms with Gasteiger partial charge in [-0.15, -0.1) is 0 Å². The lowest BCUT2D eigenvalue weighted by molar-refractivity contribution is -0.150. The number of rotatable bonds is 5. The fourth-order valence-corrected chi connectivity index (χ4v) is 2.87. The van der Waals surface area contributed by atoms with Crippen molar-refractivity contribution in [1.29, 1.82) is 0 Å². The van der Waals surface area contributed by atoms with Crippen molar-refractivity contribution in [3.8, 4) is 0 Å². The van der Waals surface area contributed by atoms with Crippen LogP contribution in [0.5, 0.6) is 0 Å². The Hall–Kier alpha value is -2.64. The van der Waals surface area contributed by atoms with Crippen LogP contribution in [0.15, 0.2) is 40.9 Å². The number of nitrogens with zero attached hydrogens (tertiary/aromatic N) is 2. The summed E-state index contributed by atoms with van der Waals surface area (Å²) in [5.74, 6) is 0.0689. The smallest absolute Gasteiger partial charge is 0.416 e. The normalized spacial score (nSPS) is 15.9. The molecule has 0 unspecified atom stereocenters. The molecular weight excluding hydrogens is 373 g/mol. The summed E-state index contributed by atoms with van der Waals surface area (Å²) in [7, 11) is 0. The maximum absolute atomic E-state index is 12.8. The van der Waals surface area contributed by atoms with Gasteiger partial charge in [-0.3, -0.25) is 0 Å². The van der Waals surface area contributed by atoms with Crippen LogP contribution in [0.1, 0.15) is 56.5 Å². The number of alkyl halides is 3. The Bertz CT molecular complexity index is 889. The summed E-state index contributed by atoms with van der Waals surface area (Å²) in [4.78, 5) is 16.4. The Morgan fingerprint density at radius 3 is 2.32 bits per heavy atom. The van der Waals surface area contributed by atoms with Gasteiger partial charge in [0.05, 0.1) is 17.4 Å². The molecule has 0 aliphatic heterocycles. The molecule has 1 aliphatic carbocycles. The summed E-state index contributed by atoms with van der Waals surface area (Å²) in [5.41, 5.74) is -0.988. The van der Waals surface area contributed by atoms with E-state index in [1.807, 2.05) is 0 Å². The molecule has 1 aromatic carbocycles. The van der Waals surface area contributed by atoms with Crippen molar-refractivity contribution in [3.05, 3.63) is 59.3 Å². The van der Waals surface area contributed by atoms with Crippen LogP contribution >= 0.6 is 0 Å². The van der Waals surface area contributed by atoms with E-state index in [1.54, 1.807) is 20.8 Å². The predicted octanol–water partition coefficient (Wildman–Crippen LogP) is 4.61. The molecule has 0 N–H and O–H groups in total. The molecule has 1 heterocycles. The number of ether oxygens (including phenoxy) is 1. The average molecular weight is 394 g/mol. The maximum atomic E-state index is 12.8. The van der Waals surface area contributed by atoms with Gasteiger partial charge in [-0.2, -0.15) is 18.2 Å². The van der Waals surface area contributed by atoms with E-state index in [-0.39, 0.29) is 17.9 Å². The SMILES string of the molecule is C=C(Cc1nc(C2(c3ccc(C(F)(F)F)cc3)CC2)no1)C(=O)OC(C)(C)C. The average Bonchev–Trinajstić information content (AvgIpc) is 3.26. The maximum Gasteiger partial charge on any atom is 0.416 e. The Kier molecular flexibility index (Phi) is 4.85. The first kappa shape index (κ1) is 20.1.